The van der Waals surface area contributed by atoms with Gasteiger partial charge in [-0.15, -0.1) is 0 Å². The van der Waals surface area contributed by atoms with E-state index in [4.69, 9.17) is 0 Å². The minimum Gasteiger partial charge on any atom is -0.340 e. The molecule has 2 aliphatic carbocycles. The summed E-state index contributed by atoms with van der Waals surface area (Å²) in [5.41, 5.74) is 4.97. The first kappa shape index (κ1) is 14.5. The van der Waals surface area contributed by atoms with Gasteiger partial charge in [0.2, 0.25) is 5.91 Å². The van der Waals surface area contributed by atoms with Gasteiger partial charge in [-0.2, -0.15) is 5.10 Å². The first-order valence-corrected chi connectivity index (χ1v) is 8.56. The Balaban J connectivity index is 1.37. The number of nitrogens with zero attached hydrogens (tertiary/aromatic N) is 2. The lowest BCUT2D eigenvalue weighted by molar-refractivity contribution is -0.130. The molecule has 2 aromatic rings. The number of rotatable bonds is 5. The highest BCUT2D eigenvalue weighted by Crippen LogP contribution is 2.39. The molecule has 0 saturated heterocycles. The van der Waals surface area contributed by atoms with Gasteiger partial charge in [0.1, 0.15) is 0 Å². The van der Waals surface area contributed by atoms with E-state index in [1.54, 1.807) is 0 Å². The average Bonchev–Trinajstić information content (AvgIpc) is 3.18. The molecule has 1 heterocycles. The normalized spacial score (nSPS) is 19.6. The van der Waals surface area contributed by atoms with Crippen molar-refractivity contribution in [3.63, 3.8) is 0 Å². The van der Waals surface area contributed by atoms with E-state index in [1.165, 1.54) is 24.0 Å². The van der Waals surface area contributed by atoms with E-state index in [0.717, 1.165) is 24.2 Å². The molecule has 1 amide bonds. The molecular weight excluding hydrogens is 286 g/mol. The predicted octanol–water partition coefficient (Wildman–Crippen LogP) is 3.37. The molecule has 0 spiro atoms. The van der Waals surface area contributed by atoms with Gasteiger partial charge in [0.05, 0.1) is 17.9 Å². The predicted molar refractivity (Wildman–Crippen MR) is 89.2 cm³/mol. The molecule has 1 saturated carbocycles. The lowest BCUT2D eigenvalue weighted by Gasteiger charge is -2.19. The van der Waals surface area contributed by atoms with Crippen molar-refractivity contribution in [1.82, 2.24) is 15.1 Å². The Hall–Kier alpha value is -2.10. The van der Waals surface area contributed by atoms with Gasteiger partial charge in [-0.05, 0) is 48.8 Å². The monoisotopic (exact) mass is 309 g/mol. The zero-order valence-electron chi connectivity index (χ0n) is 13.6. The van der Waals surface area contributed by atoms with Gasteiger partial charge < -0.3 is 4.90 Å². The Kier molecular flexibility index (Phi) is 3.68. The standard InChI is InChI=1S/C19H23N3O/c1-22(12-16-11-18(21-20-16)14-7-8-14)19(23)10-15-9-6-13-4-2-3-5-17(13)15/h2-5,11,14-15H,6-10,12H2,1H3,(H,20,21). The van der Waals surface area contributed by atoms with Crippen molar-refractivity contribution in [1.29, 1.82) is 0 Å². The van der Waals surface area contributed by atoms with Crippen LogP contribution in [0.25, 0.3) is 0 Å². The lowest BCUT2D eigenvalue weighted by atomic mass is 9.97. The fourth-order valence-electron chi connectivity index (χ4n) is 3.62. The molecule has 1 aromatic heterocycles. The summed E-state index contributed by atoms with van der Waals surface area (Å²) < 4.78 is 0. The number of H-pyrrole nitrogens is 1. The number of aromatic amines is 1. The molecule has 0 bridgehead atoms. The summed E-state index contributed by atoms with van der Waals surface area (Å²) in [4.78, 5) is 14.4. The van der Waals surface area contributed by atoms with Crippen LogP contribution in [-0.2, 0) is 17.8 Å². The summed E-state index contributed by atoms with van der Waals surface area (Å²) >= 11 is 0. The summed E-state index contributed by atoms with van der Waals surface area (Å²) in [5.74, 6) is 1.25. The topological polar surface area (TPSA) is 49.0 Å². The van der Waals surface area contributed by atoms with Crippen LogP contribution in [0.2, 0.25) is 0 Å². The third-order valence-electron chi connectivity index (χ3n) is 5.16. The molecule has 120 valence electrons. The number of fused-ring (bicyclic) bond motifs is 1. The van der Waals surface area contributed by atoms with Crippen LogP contribution in [0.3, 0.4) is 0 Å². The summed E-state index contributed by atoms with van der Waals surface area (Å²) in [6.07, 6.45) is 5.30. The van der Waals surface area contributed by atoms with E-state index in [9.17, 15) is 4.79 Å². The van der Waals surface area contributed by atoms with E-state index >= 15 is 0 Å². The molecule has 23 heavy (non-hydrogen) atoms. The number of aryl methyl sites for hydroxylation is 1. The molecule has 4 nitrogen and oxygen atoms in total. The Labute approximate surface area is 136 Å². The second kappa shape index (κ2) is 5.84. The second-order valence-corrected chi connectivity index (χ2v) is 6.98. The quantitative estimate of drug-likeness (QED) is 0.920. The lowest BCUT2D eigenvalue weighted by Crippen LogP contribution is -2.27. The highest BCUT2D eigenvalue weighted by atomic mass is 16.2. The molecular formula is C19H23N3O. The molecule has 1 unspecified atom stereocenters. The number of carbonyl (C=O) groups excluding carboxylic acids is 1. The van der Waals surface area contributed by atoms with E-state index in [0.29, 0.717) is 24.8 Å². The van der Waals surface area contributed by atoms with Crippen LogP contribution in [0.1, 0.15) is 60.0 Å². The first-order valence-electron chi connectivity index (χ1n) is 8.56. The van der Waals surface area contributed by atoms with Gasteiger partial charge in [-0.3, -0.25) is 9.89 Å². The number of hydrogen-bond acceptors (Lipinski definition) is 2. The van der Waals surface area contributed by atoms with Crippen LogP contribution in [0.15, 0.2) is 30.3 Å². The van der Waals surface area contributed by atoms with Crippen molar-refractivity contribution < 1.29 is 4.79 Å². The minimum atomic E-state index is 0.217. The maximum absolute atomic E-state index is 12.6. The average molecular weight is 309 g/mol. The number of amides is 1. The summed E-state index contributed by atoms with van der Waals surface area (Å²) in [6.45, 7) is 0.618. The molecule has 1 atom stereocenters. The van der Waals surface area contributed by atoms with Crippen LogP contribution in [0.5, 0.6) is 0 Å². The SMILES string of the molecule is CN(Cc1cc(C2CC2)n[nH]1)C(=O)CC1CCc2ccccc21. The van der Waals surface area contributed by atoms with Crippen molar-refractivity contribution in [2.45, 2.75) is 50.5 Å². The Bertz CT molecular complexity index is 717. The third-order valence-corrected chi connectivity index (χ3v) is 5.16. The Morgan fingerprint density at radius 2 is 2.13 bits per heavy atom. The van der Waals surface area contributed by atoms with Crippen LogP contribution >= 0.6 is 0 Å². The van der Waals surface area contributed by atoms with Gasteiger partial charge in [-0.25, -0.2) is 0 Å². The molecule has 1 fully saturated rings. The van der Waals surface area contributed by atoms with Gasteiger partial charge in [0.25, 0.3) is 0 Å². The summed E-state index contributed by atoms with van der Waals surface area (Å²) in [7, 11) is 1.89. The maximum Gasteiger partial charge on any atom is 0.223 e. The van der Waals surface area contributed by atoms with Crippen molar-refractivity contribution in [3.05, 3.63) is 52.8 Å². The van der Waals surface area contributed by atoms with Crippen molar-refractivity contribution >= 4 is 5.91 Å². The number of hydrogen-bond donors (Lipinski definition) is 1. The third kappa shape index (κ3) is 3.03. The van der Waals surface area contributed by atoms with Gasteiger partial charge >= 0.3 is 0 Å². The smallest absolute Gasteiger partial charge is 0.223 e. The Morgan fingerprint density at radius 1 is 1.30 bits per heavy atom. The molecule has 4 rings (SSSR count). The number of aromatic nitrogens is 2. The van der Waals surface area contributed by atoms with E-state index in [-0.39, 0.29) is 5.91 Å². The van der Waals surface area contributed by atoms with E-state index in [2.05, 4.69) is 40.5 Å². The van der Waals surface area contributed by atoms with Crippen molar-refractivity contribution in [3.8, 4) is 0 Å². The van der Waals surface area contributed by atoms with Crippen molar-refractivity contribution in [2.24, 2.45) is 0 Å². The summed E-state index contributed by atoms with van der Waals surface area (Å²) in [5, 5.41) is 7.44. The highest BCUT2D eigenvalue weighted by molar-refractivity contribution is 5.77. The minimum absolute atomic E-state index is 0.217. The molecule has 2 aliphatic rings. The second-order valence-electron chi connectivity index (χ2n) is 6.98. The largest absolute Gasteiger partial charge is 0.340 e. The Morgan fingerprint density at radius 3 is 2.96 bits per heavy atom. The van der Waals surface area contributed by atoms with Crippen LogP contribution in [-0.4, -0.2) is 28.1 Å². The molecule has 0 radical (unpaired) electrons. The van der Waals surface area contributed by atoms with Gasteiger partial charge in [-0.1, -0.05) is 24.3 Å². The fraction of sp³-hybridized carbons (Fsp3) is 0.474. The fourth-order valence-corrected chi connectivity index (χ4v) is 3.62. The van der Waals surface area contributed by atoms with Crippen molar-refractivity contribution in [2.75, 3.05) is 7.05 Å². The van der Waals surface area contributed by atoms with Gasteiger partial charge in [0.15, 0.2) is 0 Å². The molecule has 4 heteroatoms. The molecule has 0 aliphatic heterocycles. The van der Waals surface area contributed by atoms with Crippen LogP contribution < -0.4 is 0 Å². The summed E-state index contributed by atoms with van der Waals surface area (Å²) in [6, 6.07) is 10.6. The number of benzene rings is 1. The highest BCUT2D eigenvalue weighted by Gasteiger charge is 2.27. The van der Waals surface area contributed by atoms with Crippen LogP contribution in [0, 0.1) is 0 Å². The van der Waals surface area contributed by atoms with Crippen LogP contribution in [0.4, 0.5) is 0 Å². The first-order chi connectivity index (χ1) is 11.2. The molecule has 1 aromatic carbocycles. The number of carbonyl (C=O) groups is 1. The zero-order chi connectivity index (χ0) is 15.8. The van der Waals surface area contributed by atoms with Gasteiger partial charge in [0, 0.05) is 19.4 Å². The van der Waals surface area contributed by atoms with E-state index in [1.807, 2.05) is 11.9 Å². The zero-order valence-corrected chi connectivity index (χ0v) is 13.6. The van der Waals surface area contributed by atoms with E-state index < -0.39 is 0 Å². The maximum atomic E-state index is 12.6. The molecule has 1 N–H and O–H groups in total. The number of nitrogens with one attached hydrogen (secondary N) is 1.